The lowest BCUT2D eigenvalue weighted by molar-refractivity contribution is -0.114. The van der Waals surface area contributed by atoms with Crippen LogP contribution in [-0.4, -0.2) is 31.8 Å². The number of anilines is 1. The minimum absolute atomic E-state index is 0. The maximum Gasteiger partial charge on any atom is 0.223 e. The van der Waals surface area contributed by atoms with Crippen molar-refractivity contribution in [3.05, 3.63) is 18.2 Å². The Morgan fingerprint density at radius 3 is 2.61 bits per heavy atom. The fraction of sp³-hybridized carbons (Fsp3) is 0.100. The molecular weight excluding hydrogens is 258 g/mol. The lowest BCUT2D eigenvalue weighted by Gasteiger charge is -1.98. The van der Waals surface area contributed by atoms with E-state index in [1.165, 1.54) is 30.4 Å². The topological polar surface area (TPSA) is 127 Å². The highest BCUT2D eigenvalue weighted by Crippen LogP contribution is 2.32. The summed E-state index contributed by atoms with van der Waals surface area (Å²) in [5.74, 6) is -0.639. The molecule has 2 rings (SSSR count). The number of carbonyl (C=O) groups excluding carboxylic acids is 1. The highest BCUT2D eigenvalue weighted by molar-refractivity contribution is 7.18. The molecule has 0 saturated heterocycles. The Labute approximate surface area is 106 Å². The van der Waals surface area contributed by atoms with Gasteiger partial charge >= 0.3 is 0 Å². The molecule has 0 atom stereocenters. The van der Waals surface area contributed by atoms with Crippen LogP contribution in [0.1, 0.15) is 6.92 Å². The molecule has 7 nitrogen and oxygen atoms in total. The Morgan fingerprint density at radius 1 is 1.28 bits per heavy atom. The van der Waals surface area contributed by atoms with Crippen LogP contribution in [0.2, 0.25) is 0 Å². The van der Waals surface area contributed by atoms with Gasteiger partial charge in [0.25, 0.3) is 0 Å². The third-order valence-electron chi connectivity index (χ3n) is 1.93. The van der Waals surface area contributed by atoms with E-state index in [4.69, 9.17) is 0 Å². The number of benzene rings is 1. The van der Waals surface area contributed by atoms with E-state index in [0.717, 1.165) is 0 Å². The molecule has 5 N–H and O–H groups in total. The summed E-state index contributed by atoms with van der Waals surface area (Å²) in [4.78, 5) is 10.8. The smallest absolute Gasteiger partial charge is 0.223 e. The van der Waals surface area contributed by atoms with E-state index >= 15 is 0 Å². The second-order valence-corrected chi connectivity index (χ2v) is 4.27. The SMILES string of the molecule is CC(=O)Nc1nnc(-c2ccc(O)c(O)c2)s1.O. The number of hydrogen-bond donors (Lipinski definition) is 3. The van der Waals surface area contributed by atoms with Gasteiger partial charge in [-0.05, 0) is 18.2 Å². The molecule has 0 aliphatic heterocycles. The first kappa shape index (κ1) is 13.9. The van der Waals surface area contributed by atoms with Crippen molar-refractivity contribution in [2.45, 2.75) is 6.92 Å². The standard InChI is InChI=1S/C10H9N3O3S.H2O/c1-5(14)11-10-13-12-9(17-10)6-2-3-7(15)8(16)4-6;/h2-4,15-16H,1H3,(H,11,13,14);1H2. The maximum absolute atomic E-state index is 10.8. The van der Waals surface area contributed by atoms with Crippen molar-refractivity contribution >= 4 is 22.4 Å². The monoisotopic (exact) mass is 269 g/mol. The van der Waals surface area contributed by atoms with E-state index in [1.54, 1.807) is 6.07 Å². The zero-order chi connectivity index (χ0) is 12.4. The molecule has 96 valence electrons. The van der Waals surface area contributed by atoms with Gasteiger partial charge in [0.1, 0.15) is 5.01 Å². The third-order valence-corrected chi connectivity index (χ3v) is 2.82. The first-order valence-electron chi connectivity index (χ1n) is 4.69. The summed E-state index contributed by atoms with van der Waals surface area (Å²) < 4.78 is 0. The van der Waals surface area contributed by atoms with Crippen LogP contribution in [0.25, 0.3) is 10.6 Å². The van der Waals surface area contributed by atoms with Gasteiger partial charge in [0.05, 0.1) is 0 Å². The van der Waals surface area contributed by atoms with Crippen molar-refractivity contribution in [3.8, 4) is 22.1 Å². The lowest BCUT2D eigenvalue weighted by atomic mass is 10.2. The average molecular weight is 269 g/mol. The molecule has 1 aromatic carbocycles. The number of nitrogens with one attached hydrogen (secondary N) is 1. The van der Waals surface area contributed by atoms with E-state index in [-0.39, 0.29) is 22.9 Å². The van der Waals surface area contributed by atoms with E-state index < -0.39 is 0 Å². The van der Waals surface area contributed by atoms with Crippen molar-refractivity contribution in [1.82, 2.24) is 10.2 Å². The molecule has 2 aromatic rings. The number of carbonyl (C=O) groups is 1. The van der Waals surface area contributed by atoms with Crippen LogP contribution in [0, 0.1) is 0 Å². The number of nitrogens with zero attached hydrogens (tertiary/aromatic N) is 2. The molecule has 0 fully saturated rings. The Morgan fingerprint density at radius 2 is 2.00 bits per heavy atom. The molecule has 1 amide bonds. The van der Waals surface area contributed by atoms with Crippen LogP contribution in [0.15, 0.2) is 18.2 Å². The van der Waals surface area contributed by atoms with Gasteiger partial charge in [0.15, 0.2) is 11.5 Å². The zero-order valence-corrected chi connectivity index (χ0v) is 10.2. The van der Waals surface area contributed by atoms with Crippen LogP contribution in [0.4, 0.5) is 5.13 Å². The summed E-state index contributed by atoms with van der Waals surface area (Å²) in [5, 5.41) is 29.6. The Bertz CT molecular complexity index is 570. The molecular formula is C10H11N3O4S. The van der Waals surface area contributed by atoms with E-state index in [2.05, 4.69) is 15.5 Å². The highest BCUT2D eigenvalue weighted by atomic mass is 32.1. The predicted molar refractivity (Wildman–Crippen MR) is 66.6 cm³/mol. The maximum atomic E-state index is 10.8. The van der Waals surface area contributed by atoms with Gasteiger partial charge in [-0.1, -0.05) is 11.3 Å². The minimum atomic E-state index is -0.223. The van der Waals surface area contributed by atoms with Crippen molar-refractivity contribution in [2.75, 3.05) is 5.32 Å². The van der Waals surface area contributed by atoms with E-state index in [1.807, 2.05) is 0 Å². The zero-order valence-electron chi connectivity index (χ0n) is 9.34. The fourth-order valence-corrected chi connectivity index (χ4v) is 1.98. The third kappa shape index (κ3) is 2.93. The number of phenolic OH excluding ortho intramolecular Hbond substituents is 2. The van der Waals surface area contributed by atoms with Gasteiger partial charge in [-0.2, -0.15) is 0 Å². The van der Waals surface area contributed by atoms with Gasteiger partial charge in [-0.25, -0.2) is 0 Å². The lowest BCUT2D eigenvalue weighted by Crippen LogP contribution is -2.04. The van der Waals surface area contributed by atoms with Gasteiger partial charge < -0.3 is 21.0 Å². The van der Waals surface area contributed by atoms with Crippen LogP contribution < -0.4 is 5.32 Å². The predicted octanol–water partition coefficient (Wildman–Crippen LogP) is 0.750. The van der Waals surface area contributed by atoms with Crippen LogP contribution in [0.5, 0.6) is 11.5 Å². The number of aromatic hydroxyl groups is 2. The molecule has 1 heterocycles. The van der Waals surface area contributed by atoms with Gasteiger partial charge in [0.2, 0.25) is 11.0 Å². The highest BCUT2D eigenvalue weighted by Gasteiger charge is 2.09. The first-order valence-corrected chi connectivity index (χ1v) is 5.51. The molecule has 0 bridgehead atoms. The number of hydrogen-bond acceptors (Lipinski definition) is 6. The van der Waals surface area contributed by atoms with Gasteiger partial charge in [0, 0.05) is 12.5 Å². The Hall–Kier alpha value is -2.19. The van der Waals surface area contributed by atoms with Crippen molar-refractivity contribution in [3.63, 3.8) is 0 Å². The molecule has 1 aromatic heterocycles. The fourth-order valence-electron chi connectivity index (χ4n) is 1.20. The quantitative estimate of drug-likeness (QED) is 0.693. The van der Waals surface area contributed by atoms with Crippen molar-refractivity contribution in [2.24, 2.45) is 0 Å². The van der Waals surface area contributed by atoms with Crippen LogP contribution in [-0.2, 0) is 4.79 Å². The van der Waals surface area contributed by atoms with E-state index in [9.17, 15) is 15.0 Å². The van der Waals surface area contributed by atoms with Gasteiger partial charge in [-0.3, -0.25) is 4.79 Å². The molecule has 18 heavy (non-hydrogen) atoms. The average Bonchev–Trinajstić information content (AvgIpc) is 2.69. The van der Waals surface area contributed by atoms with Crippen molar-refractivity contribution in [1.29, 1.82) is 0 Å². The van der Waals surface area contributed by atoms with Crippen LogP contribution >= 0.6 is 11.3 Å². The second kappa shape index (κ2) is 5.43. The molecule has 0 aliphatic rings. The molecule has 0 unspecified atom stereocenters. The summed E-state index contributed by atoms with van der Waals surface area (Å²) >= 11 is 1.18. The minimum Gasteiger partial charge on any atom is -0.504 e. The molecule has 8 heteroatoms. The largest absolute Gasteiger partial charge is 0.504 e. The Balaban J connectivity index is 0.00000162. The number of phenols is 2. The molecule has 0 radical (unpaired) electrons. The number of aromatic nitrogens is 2. The molecule has 0 spiro atoms. The second-order valence-electron chi connectivity index (χ2n) is 3.30. The van der Waals surface area contributed by atoms with Gasteiger partial charge in [-0.15, -0.1) is 10.2 Å². The normalized spacial score (nSPS) is 9.61. The Kier molecular flexibility index (Phi) is 4.18. The molecule has 0 saturated carbocycles. The summed E-state index contributed by atoms with van der Waals surface area (Å²) in [5.41, 5.74) is 0.620. The van der Waals surface area contributed by atoms with Crippen LogP contribution in [0.3, 0.4) is 0 Å². The number of rotatable bonds is 2. The van der Waals surface area contributed by atoms with Crippen molar-refractivity contribution < 1.29 is 20.5 Å². The van der Waals surface area contributed by atoms with E-state index in [0.29, 0.717) is 15.7 Å². The number of amides is 1. The summed E-state index contributed by atoms with van der Waals surface area (Å²) in [6, 6.07) is 4.35. The summed E-state index contributed by atoms with van der Waals surface area (Å²) in [6.45, 7) is 1.38. The molecule has 0 aliphatic carbocycles. The first-order chi connectivity index (χ1) is 8.06. The summed E-state index contributed by atoms with van der Waals surface area (Å²) in [6.07, 6.45) is 0. The summed E-state index contributed by atoms with van der Waals surface area (Å²) in [7, 11) is 0.